The Morgan fingerprint density at radius 3 is 2.95 bits per heavy atom. The van der Waals surface area contributed by atoms with E-state index in [0.717, 1.165) is 0 Å². The van der Waals surface area contributed by atoms with Crippen LogP contribution >= 0.6 is 0 Å². The molecule has 0 bridgehead atoms. The minimum absolute atomic E-state index is 0.130. The van der Waals surface area contributed by atoms with Crippen LogP contribution in [0.2, 0.25) is 0 Å². The number of ketones is 1. The van der Waals surface area contributed by atoms with Crippen LogP contribution in [0.25, 0.3) is 0 Å². The summed E-state index contributed by atoms with van der Waals surface area (Å²) in [7, 11) is 1.37. The number of carbonyl (C=O) groups is 2. The Morgan fingerprint density at radius 1 is 1.55 bits per heavy atom. The van der Waals surface area contributed by atoms with Crippen LogP contribution in [0.15, 0.2) is 18.2 Å². The zero-order valence-electron chi connectivity index (χ0n) is 10.7. The van der Waals surface area contributed by atoms with E-state index in [-0.39, 0.29) is 36.9 Å². The number of carbonyl (C=O) groups excluding carboxylic acids is 2. The summed E-state index contributed by atoms with van der Waals surface area (Å²) in [5.74, 6) is -0.400. The smallest absolute Gasteiger partial charge is 0.271 e. The van der Waals surface area contributed by atoms with E-state index in [9.17, 15) is 19.7 Å². The van der Waals surface area contributed by atoms with Crippen LogP contribution in [-0.4, -0.2) is 43.5 Å². The lowest BCUT2D eigenvalue weighted by Crippen LogP contribution is -2.42. The van der Waals surface area contributed by atoms with Crippen LogP contribution in [0.4, 0.5) is 11.4 Å². The normalized spacial score (nSPS) is 13.7. The van der Waals surface area contributed by atoms with Crippen molar-refractivity contribution in [2.24, 2.45) is 0 Å². The molecule has 1 aliphatic heterocycles. The highest BCUT2D eigenvalue weighted by atomic mass is 16.6. The van der Waals surface area contributed by atoms with E-state index >= 15 is 0 Å². The number of nitro benzene ring substituents is 1. The Bertz CT molecular complexity index is 571. The summed E-state index contributed by atoms with van der Waals surface area (Å²) in [6, 6.07) is 3.91. The maximum Gasteiger partial charge on any atom is 0.271 e. The number of non-ortho nitro benzene ring substituents is 1. The van der Waals surface area contributed by atoms with Crippen molar-refractivity contribution in [3.63, 3.8) is 0 Å². The Kier molecular flexibility index (Phi) is 3.94. The molecule has 0 aliphatic carbocycles. The third-order valence-corrected chi connectivity index (χ3v) is 2.74. The van der Waals surface area contributed by atoms with Crippen LogP contribution in [0.5, 0.6) is 5.75 Å². The number of fused-ring (bicyclic) bond motifs is 1. The Balaban J connectivity index is 2.34. The van der Waals surface area contributed by atoms with Gasteiger partial charge in [-0.2, -0.15) is 0 Å². The molecule has 8 nitrogen and oxygen atoms in total. The van der Waals surface area contributed by atoms with E-state index in [1.54, 1.807) is 0 Å². The minimum atomic E-state index is -0.575. The lowest BCUT2D eigenvalue weighted by molar-refractivity contribution is -0.384. The summed E-state index contributed by atoms with van der Waals surface area (Å²) in [6.07, 6.45) is 0. The first-order valence-electron chi connectivity index (χ1n) is 5.75. The van der Waals surface area contributed by atoms with E-state index < -0.39 is 10.8 Å². The highest BCUT2D eigenvalue weighted by Gasteiger charge is 2.28. The predicted octanol–water partition coefficient (Wildman–Crippen LogP) is 0.536. The van der Waals surface area contributed by atoms with Gasteiger partial charge in [-0.25, -0.2) is 0 Å². The van der Waals surface area contributed by atoms with Gasteiger partial charge in [0.1, 0.15) is 12.4 Å². The fraction of sp³-hybridized carbons (Fsp3) is 0.333. The first-order valence-corrected chi connectivity index (χ1v) is 5.75. The molecule has 0 spiro atoms. The maximum absolute atomic E-state index is 11.8. The molecule has 0 N–H and O–H groups in total. The summed E-state index contributed by atoms with van der Waals surface area (Å²) in [5.41, 5.74) is 0.0474. The number of benzene rings is 1. The fourth-order valence-corrected chi connectivity index (χ4v) is 1.86. The fourth-order valence-electron chi connectivity index (χ4n) is 1.86. The molecule has 8 heteroatoms. The first-order chi connectivity index (χ1) is 9.52. The first kappa shape index (κ1) is 13.9. The summed E-state index contributed by atoms with van der Waals surface area (Å²) in [6.45, 7) is -0.538. The maximum atomic E-state index is 11.8. The van der Waals surface area contributed by atoms with Crippen molar-refractivity contribution >= 4 is 23.1 Å². The van der Waals surface area contributed by atoms with Crippen molar-refractivity contribution < 1.29 is 24.0 Å². The van der Waals surface area contributed by atoms with Gasteiger partial charge in [0.25, 0.3) is 11.6 Å². The number of anilines is 1. The molecule has 1 amide bonds. The highest BCUT2D eigenvalue weighted by molar-refractivity contribution is 6.03. The molecule has 2 rings (SSSR count). The molecule has 1 aromatic rings. The molecule has 1 aliphatic rings. The van der Waals surface area contributed by atoms with Crippen LogP contribution in [0.1, 0.15) is 0 Å². The summed E-state index contributed by atoms with van der Waals surface area (Å²) < 4.78 is 9.89. The number of rotatable bonds is 5. The van der Waals surface area contributed by atoms with Crippen LogP contribution in [0, 0.1) is 10.1 Å². The van der Waals surface area contributed by atoms with Gasteiger partial charge < -0.3 is 9.47 Å². The largest absolute Gasteiger partial charge is 0.482 e. The van der Waals surface area contributed by atoms with Crippen LogP contribution in [0.3, 0.4) is 0 Å². The average molecular weight is 280 g/mol. The number of hydrogen-bond acceptors (Lipinski definition) is 6. The van der Waals surface area contributed by atoms with Gasteiger partial charge in [0, 0.05) is 19.2 Å². The number of ether oxygens (including phenoxy) is 2. The van der Waals surface area contributed by atoms with E-state index in [4.69, 9.17) is 9.47 Å². The monoisotopic (exact) mass is 280 g/mol. The molecule has 0 radical (unpaired) electrons. The lowest BCUT2D eigenvalue weighted by atomic mass is 10.2. The zero-order chi connectivity index (χ0) is 14.7. The molecule has 0 unspecified atom stereocenters. The predicted molar refractivity (Wildman–Crippen MR) is 67.8 cm³/mol. The van der Waals surface area contributed by atoms with Gasteiger partial charge in [0.2, 0.25) is 0 Å². The highest BCUT2D eigenvalue weighted by Crippen LogP contribution is 2.35. The summed E-state index contributed by atoms with van der Waals surface area (Å²) in [5, 5.41) is 10.8. The Morgan fingerprint density at radius 2 is 2.30 bits per heavy atom. The van der Waals surface area contributed by atoms with E-state index in [1.807, 2.05) is 0 Å². The Labute approximate surface area is 114 Å². The zero-order valence-corrected chi connectivity index (χ0v) is 10.7. The van der Waals surface area contributed by atoms with E-state index in [1.165, 1.54) is 30.2 Å². The van der Waals surface area contributed by atoms with Crippen molar-refractivity contribution in [3.8, 4) is 5.75 Å². The van der Waals surface area contributed by atoms with Gasteiger partial charge in [0.05, 0.1) is 17.2 Å². The van der Waals surface area contributed by atoms with E-state index in [0.29, 0.717) is 5.75 Å². The van der Waals surface area contributed by atoms with Crippen molar-refractivity contribution in [2.75, 3.05) is 31.8 Å². The van der Waals surface area contributed by atoms with Crippen molar-refractivity contribution in [1.29, 1.82) is 0 Å². The van der Waals surface area contributed by atoms with Crippen molar-refractivity contribution in [1.82, 2.24) is 0 Å². The molecule has 1 aromatic carbocycles. The number of amides is 1. The number of hydrogen-bond donors (Lipinski definition) is 0. The van der Waals surface area contributed by atoms with Gasteiger partial charge in [0.15, 0.2) is 12.4 Å². The molecular weight excluding hydrogens is 268 g/mol. The van der Waals surface area contributed by atoms with Crippen molar-refractivity contribution in [2.45, 2.75) is 0 Å². The van der Waals surface area contributed by atoms with Crippen LogP contribution < -0.4 is 9.64 Å². The SMILES string of the molecule is COCC(=O)CN1C(=O)COc2ccc([N+](=O)[O-])cc21. The quantitative estimate of drug-likeness (QED) is 0.576. The molecule has 106 valence electrons. The molecule has 20 heavy (non-hydrogen) atoms. The van der Waals surface area contributed by atoms with Crippen molar-refractivity contribution in [3.05, 3.63) is 28.3 Å². The molecule has 0 fully saturated rings. The lowest BCUT2D eigenvalue weighted by Gasteiger charge is -2.28. The number of Topliss-reactive ketones (excluding diaryl/α,β-unsaturated/α-hetero) is 1. The van der Waals surface area contributed by atoms with Gasteiger partial charge in [-0.3, -0.25) is 24.6 Å². The summed E-state index contributed by atoms with van der Waals surface area (Å²) >= 11 is 0. The topological polar surface area (TPSA) is 99.0 Å². The van der Waals surface area contributed by atoms with Gasteiger partial charge in [-0.15, -0.1) is 0 Å². The number of methoxy groups -OCH3 is 1. The van der Waals surface area contributed by atoms with Gasteiger partial charge in [-0.1, -0.05) is 0 Å². The average Bonchev–Trinajstić information content (AvgIpc) is 2.41. The molecule has 0 atom stereocenters. The molecule has 1 heterocycles. The third-order valence-electron chi connectivity index (χ3n) is 2.74. The molecular formula is C12H12N2O6. The van der Waals surface area contributed by atoms with E-state index in [2.05, 4.69) is 0 Å². The second-order valence-corrected chi connectivity index (χ2v) is 4.15. The second-order valence-electron chi connectivity index (χ2n) is 4.15. The van der Waals surface area contributed by atoms with Crippen LogP contribution in [-0.2, 0) is 14.3 Å². The second kappa shape index (κ2) is 5.66. The third kappa shape index (κ3) is 2.75. The number of nitro groups is 1. The minimum Gasteiger partial charge on any atom is -0.482 e. The molecule has 0 saturated heterocycles. The molecule has 0 aromatic heterocycles. The standard InChI is InChI=1S/C12H12N2O6/c1-19-6-9(15)5-13-10-4-8(14(17)18)2-3-11(10)20-7-12(13)16/h2-4H,5-7H2,1H3. The van der Waals surface area contributed by atoms with Gasteiger partial charge in [-0.05, 0) is 6.07 Å². The number of nitrogens with zero attached hydrogens (tertiary/aromatic N) is 2. The van der Waals surface area contributed by atoms with Gasteiger partial charge >= 0.3 is 0 Å². The molecule has 0 saturated carbocycles. The summed E-state index contributed by atoms with van der Waals surface area (Å²) in [4.78, 5) is 34.8. The Hall–Kier alpha value is -2.48.